The monoisotopic (exact) mass is 289 g/mol. The van der Waals surface area contributed by atoms with E-state index in [1.54, 1.807) is 7.05 Å². The molecule has 0 aliphatic rings. The van der Waals surface area contributed by atoms with E-state index >= 15 is 0 Å². The van der Waals surface area contributed by atoms with E-state index in [1.165, 1.54) is 10.9 Å². The normalized spacial score (nSPS) is 12.5. The Labute approximate surface area is 114 Å². The van der Waals surface area contributed by atoms with Crippen LogP contribution in [-0.4, -0.2) is 49.3 Å². The smallest absolute Gasteiger partial charge is 0.245 e. The van der Waals surface area contributed by atoms with Crippen molar-refractivity contribution in [3.63, 3.8) is 0 Å². The van der Waals surface area contributed by atoms with Crippen molar-refractivity contribution in [2.45, 2.75) is 31.2 Å². The third-order valence-electron chi connectivity index (χ3n) is 2.97. The molecule has 0 atom stereocenters. The Bertz CT molecular complexity index is 509. The highest BCUT2D eigenvalue weighted by Crippen LogP contribution is 2.14. The fourth-order valence-electron chi connectivity index (χ4n) is 1.56. The maximum absolute atomic E-state index is 12.0. The standard InChI is InChI=1S/C11H23N5O2S/c1-9(2)15(3)7-5-6-13-19(17,18)10-8-16(4)14-11(10)12/h8-9,13H,5-7H2,1-4H3,(H2,12,14). The van der Waals surface area contributed by atoms with Crippen LogP contribution in [0.15, 0.2) is 11.1 Å². The molecule has 1 heterocycles. The van der Waals surface area contributed by atoms with Gasteiger partial charge in [0.2, 0.25) is 10.0 Å². The fraction of sp³-hybridized carbons (Fsp3) is 0.727. The summed E-state index contributed by atoms with van der Waals surface area (Å²) in [6, 6.07) is 0.450. The molecular weight excluding hydrogens is 266 g/mol. The van der Waals surface area contributed by atoms with Gasteiger partial charge in [-0.15, -0.1) is 0 Å². The van der Waals surface area contributed by atoms with Gasteiger partial charge in [-0.05, 0) is 33.9 Å². The van der Waals surface area contributed by atoms with Crippen molar-refractivity contribution in [1.29, 1.82) is 0 Å². The quantitative estimate of drug-likeness (QED) is 0.690. The van der Waals surface area contributed by atoms with Crippen LogP contribution in [0.4, 0.5) is 5.82 Å². The van der Waals surface area contributed by atoms with Crippen LogP contribution in [0.5, 0.6) is 0 Å². The molecule has 8 heteroatoms. The molecule has 0 bridgehead atoms. The molecule has 0 aromatic carbocycles. The maximum atomic E-state index is 12.0. The number of nitrogens with two attached hydrogens (primary N) is 1. The largest absolute Gasteiger partial charge is 0.381 e. The third-order valence-corrected chi connectivity index (χ3v) is 4.45. The van der Waals surface area contributed by atoms with E-state index < -0.39 is 10.0 Å². The topological polar surface area (TPSA) is 93.2 Å². The highest BCUT2D eigenvalue weighted by molar-refractivity contribution is 7.89. The zero-order valence-electron chi connectivity index (χ0n) is 11.9. The first-order valence-corrected chi connectivity index (χ1v) is 7.71. The van der Waals surface area contributed by atoms with Crippen molar-refractivity contribution in [2.75, 3.05) is 25.9 Å². The van der Waals surface area contributed by atoms with Crippen molar-refractivity contribution in [3.05, 3.63) is 6.20 Å². The Balaban J connectivity index is 2.51. The summed E-state index contributed by atoms with van der Waals surface area (Å²) >= 11 is 0. The number of aryl methyl sites for hydroxylation is 1. The highest BCUT2D eigenvalue weighted by Gasteiger charge is 2.19. The molecule has 7 nitrogen and oxygen atoms in total. The van der Waals surface area contributed by atoms with E-state index in [2.05, 4.69) is 28.6 Å². The second-order valence-corrected chi connectivity index (χ2v) is 6.61. The van der Waals surface area contributed by atoms with Gasteiger partial charge in [0, 0.05) is 25.8 Å². The molecule has 0 amide bonds. The van der Waals surface area contributed by atoms with Crippen LogP contribution < -0.4 is 10.5 Å². The molecule has 0 saturated carbocycles. The predicted molar refractivity (Wildman–Crippen MR) is 75.2 cm³/mol. The summed E-state index contributed by atoms with van der Waals surface area (Å²) in [5, 5.41) is 3.82. The van der Waals surface area contributed by atoms with Crippen molar-refractivity contribution < 1.29 is 8.42 Å². The molecule has 0 spiro atoms. The summed E-state index contributed by atoms with van der Waals surface area (Å²) in [5.74, 6) is 0.0225. The number of sulfonamides is 1. The van der Waals surface area contributed by atoms with Crippen LogP contribution in [0.2, 0.25) is 0 Å². The number of rotatable bonds is 7. The lowest BCUT2D eigenvalue weighted by Crippen LogP contribution is -2.31. The van der Waals surface area contributed by atoms with E-state index in [-0.39, 0.29) is 10.7 Å². The SMILES string of the molecule is CC(C)N(C)CCCNS(=O)(=O)c1cn(C)nc1N. The van der Waals surface area contributed by atoms with Gasteiger partial charge < -0.3 is 10.6 Å². The predicted octanol–water partition coefficient (Wildman–Crippen LogP) is 0.0109. The maximum Gasteiger partial charge on any atom is 0.245 e. The van der Waals surface area contributed by atoms with Crippen molar-refractivity contribution >= 4 is 15.8 Å². The van der Waals surface area contributed by atoms with Crippen LogP contribution in [0.3, 0.4) is 0 Å². The second-order valence-electron chi connectivity index (χ2n) is 4.88. The molecule has 1 rings (SSSR count). The molecule has 0 unspecified atom stereocenters. The van der Waals surface area contributed by atoms with E-state index in [1.807, 2.05) is 7.05 Å². The van der Waals surface area contributed by atoms with Crippen LogP contribution in [-0.2, 0) is 17.1 Å². The fourth-order valence-corrected chi connectivity index (χ4v) is 2.74. The average molecular weight is 289 g/mol. The van der Waals surface area contributed by atoms with Crippen LogP contribution in [0, 0.1) is 0 Å². The Kier molecular flexibility index (Phi) is 5.33. The number of nitrogens with one attached hydrogen (secondary N) is 1. The lowest BCUT2D eigenvalue weighted by Gasteiger charge is -2.20. The summed E-state index contributed by atoms with van der Waals surface area (Å²) < 4.78 is 27.9. The summed E-state index contributed by atoms with van der Waals surface area (Å²) in [6.45, 7) is 5.41. The van der Waals surface area contributed by atoms with Gasteiger partial charge in [-0.2, -0.15) is 5.10 Å². The van der Waals surface area contributed by atoms with Crippen LogP contribution in [0.1, 0.15) is 20.3 Å². The molecule has 0 aliphatic heterocycles. The van der Waals surface area contributed by atoms with Gasteiger partial charge >= 0.3 is 0 Å². The van der Waals surface area contributed by atoms with Crippen LogP contribution >= 0.6 is 0 Å². The van der Waals surface area contributed by atoms with Gasteiger partial charge in [-0.3, -0.25) is 4.68 Å². The average Bonchev–Trinajstić information content (AvgIpc) is 2.64. The Hall–Kier alpha value is -1.12. The van der Waals surface area contributed by atoms with Crippen molar-refractivity contribution in [1.82, 2.24) is 19.4 Å². The van der Waals surface area contributed by atoms with E-state index in [0.29, 0.717) is 12.6 Å². The summed E-state index contributed by atoms with van der Waals surface area (Å²) in [7, 11) is 0.0789. The van der Waals surface area contributed by atoms with Gasteiger partial charge in [-0.25, -0.2) is 13.1 Å². The first kappa shape index (κ1) is 15.9. The van der Waals surface area contributed by atoms with Gasteiger partial charge in [0.05, 0.1) is 0 Å². The minimum Gasteiger partial charge on any atom is -0.381 e. The Morgan fingerprint density at radius 2 is 2.16 bits per heavy atom. The van der Waals surface area contributed by atoms with E-state index in [9.17, 15) is 8.42 Å². The highest BCUT2D eigenvalue weighted by atomic mass is 32.2. The number of anilines is 1. The molecule has 110 valence electrons. The molecule has 19 heavy (non-hydrogen) atoms. The van der Waals surface area contributed by atoms with E-state index in [4.69, 9.17) is 5.73 Å². The van der Waals surface area contributed by atoms with E-state index in [0.717, 1.165) is 13.0 Å². The molecule has 0 aliphatic carbocycles. The minimum absolute atomic E-state index is 0.0225. The molecule has 3 N–H and O–H groups in total. The van der Waals surface area contributed by atoms with Gasteiger partial charge in [0.1, 0.15) is 4.90 Å². The molecule has 0 fully saturated rings. The first-order chi connectivity index (χ1) is 8.74. The zero-order chi connectivity index (χ0) is 14.6. The lowest BCUT2D eigenvalue weighted by molar-refractivity contribution is 0.271. The summed E-state index contributed by atoms with van der Waals surface area (Å²) in [5.41, 5.74) is 5.56. The Morgan fingerprint density at radius 3 is 2.63 bits per heavy atom. The Morgan fingerprint density at radius 1 is 1.53 bits per heavy atom. The number of nitrogen functional groups attached to an aromatic ring is 1. The van der Waals surface area contributed by atoms with Gasteiger partial charge in [0.25, 0.3) is 0 Å². The lowest BCUT2D eigenvalue weighted by atomic mass is 10.3. The number of aromatic nitrogens is 2. The second kappa shape index (κ2) is 6.36. The molecular formula is C11H23N5O2S. The number of hydrogen-bond acceptors (Lipinski definition) is 5. The zero-order valence-corrected chi connectivity index (χ0v) is 12.7. The van der Waals surface area contributed by atoms with Crippen molar-refractivity contribution in [3.8, 4) is 0 Å². The molecule has 1 aromatic heterocycles. The van der Waals surface area contributed by atoms with Gasteiger partial charge in [0.15, 0.2) is 5.82 Å². The molecule has 0 saturated heterocycles. The number of nitrogens with zero attached hydrogens (tertiary/aromatic N) is 3. The third kappa shape index (κ3) is 4.48. The van der Waals surface area contributed by atoms with Gasteiger partial charge in [-0.1, -0.05) is 0 Å². The molecule has 0 radical (unpaired) electrons. The van der Waals surface area contributed by atoms with Crippen molar-refractivity contribution in [2.24, 2.45) is 7.05 Å². The number of hydrogen-bond donors (Lipinski definition) is 2. The van der Waals surface area contributed by atoms with Crippen LogP contribution in [0.25, 0.3) is 0 Å². The summed E-state index contributed by atoms with van der Waals surface area (Å²) in [6.07, 6.45) is 2.14. The summed E-state index contributed by atoms with van der Waals surface area (Å²) in [4.78, 5) is 2.19. The minimum atomic E-state index is -3.57. The molecule has 1 aromatic rings. The first-order valence-electron chi connectivity index (χ1n) is 6.23.